The van der Waals surface area contributed by atoms with Crippen LogP contribution in [0.25, 0.3) is 317 Å². The van der Waals surface area contributed by atoms with Crippen LogP contribution >= 0.6 is 0 Å². The lowest BCUT2D eigenvalue weighted by Gasteiger charge is -2.21. The molecule has 0 radical (unpaired) electrons. The van der Waals surface area contributed by atoms with Gasteiger partial charge in [0.1, 0.15) is 33.5 Å². The van der Waals surface area contributed by atoms with Crippen LogP contribution in [-0.2, 0) is 0 Å². The lowest BCUT2D eigenvalue weighted by molar-refractivity contribution is 0.669. The summed E-state index contributed by atoms with van der Waals surface area (Å²) in [5, 5.41) is 34.8. The Kier molecular flexibility index (Phi) is 17.3. The Hall–Kier alpha value is -18.5. The van der Waals surface area contributed by atoms with Crippen LogP contribution in [0.3, 0.4) is 0 Å². The molecule has 3 heterocycles. The Morgan fingerprint density at radius 3 is 0.915 bits per heavy atom. The summed E-state index contributed by atoms with van der Waals surface area (Å²) >= 11 is 0. The van der Waals surface area contributed by atoms with E-state index < -0.39 is 0 Å². The molecule has 0 aliphatic carbocycles. The fourth-order valence-electron chi connectivity index (χ4n) is 24.6. The fourth-order valence-corrected chi connectivity index (χ4v) is 24.6. The monoisotopic (exact) mass is 1780 g/mol. The van der Waals surface area contributed by atoms with E-state index in [1.807, 2.05) is 0 Å². The number of hydrogen-bond donors (Lipinski definition) is 0. The van der Waals surface area contributed by atoms with Crippen LogP contribution in [0.5, 0.6) is 0 Å². The number of benzene rings is 27. The summed E-state index contributed by atoms with van der Waals surface area (Å²) in [6.07, 6.45) is 0. The van der Waals surface area contributed by atoms with Crippen LogP contribution in [0, 0.1) is 0 Å². The van der Waals surface area contributed by atoms with Crippen molar-refractivity contribution in [1.82, 2.24) is 0 Å². The summed E-state index contributed by atoms with van der Waals surface area (Å²) < 4.78 is 21.1. The zero-order valence-corrected chi connectivity index (χ0v) is 76.4. The first kappa shape index (κ1) is 78.8. The first-order valence-electron chi connectivity index (χ1n) is 48.7. The van der Waals surface area contributed by atoms with Gasteiger partial charge in [0.05, 0.1) is 0 Å². The Labute approximate surface area is 810 Å². The van der Waals surface area contributed by atoms with Crippen molar-refractivity contribution in [3.05, 3.63) is 485 Å². The summed E-state index contributed by atoms with van der Waals surface area (Å²) in [6.45, 7) is 0. The summed E-state index contributed by atoms with van der Waals surface area (Å²) in [4.78, 5) is 0. The molecule has 3 heteroatoms. The predicted octanol–water partition coefficient (Wildman–Crippen LogP) is 39.6. The van der Waals surface area contributed by atoms with E-state index >= 15 is 0 Å². The van der Waals surface area contributed by atoms with Crippen molar-refractivity contribution in [3.63, 3.8) is 0 Å². The average molecular weight is 1790 g/mol. The molecule has 0 fully saturated rings. The van der Waals surface area contributed by atoms with Gasteiger partial charge in [0.2, 0.25) is 0 Å². The summed E-state index contributed by atoms with van der Waals surface area (Å²) in [7, 11) is 0. The van der Waals surface area contributed by atoms with Gasteiger partial charge in [-0.05, 0) is 296 Å². The molecule has 0 saturated carbocycles. The van der Waals surface area contributed by atoms with E-state index in [9.17, 15) is 0 Å². The fraction of sp³-hybridized carbons (Fsp3) is 0. The van der Waals surface area contributed by atoms with Crippen molar-refractivity contribution in [3.8, 4) is 122 Å². The molecule has 650 valence electrons. The van der Waals surface area contributed by atoms with Crippen molar-refractivity contribution in [2.75, 3.05) is 0 Å². The first-order chi connectivity index (χ1) is 70.0. The van der Waals surface area contributed by atoms with E-state index in [2.05, 4.69) is 485 Å². The average Bonchev–Trinajstić information content (AvgIpc) is 1.69. The second-order valence-corrected chi connectivity index (χ2v) is 37.9. The van der Waals surface area contributed by atoms with Gasteiger partial charge >= 0.3 is 0 Å². The molecule has 0 N–H and O–H groups in total. The maximum absolute atomic E-state index is 7.21. The SMILES string of the molecule is c1cc(-c2cc(-c3cccc4c(-c5c6ccccc6c(-c6ccc(-c7ccc(-c8cccc9c(-c%10c%11ccccc%11c(-c%11ccccc%11-c%11ccc%12ccccc%12c%11)c%11ccccc%10%11)c%10c(cc89)oc8ccccc8%10)c8ccccc78)cc6)c6ccccc56)c5c(cc34)oc3ccccc35)cc3ccccc23)cc(-c2c3ccccc3c(-c3c4ccccc4cc4oc5ccccc5c34)c3ccccc23)c1. The highest BCUT2D eigenvalue weighted by molar-refractivity contribution is 6.36. The van der Waals surface area contributed by atoms with E-state index in [0.29, 0.717) is 0 Å². The smallest absolute Gasteiger partial charge is 0.136 e. The Bertz CT molecular complexity index is 10500. The van der Waals surface area contributed by atoms with Crippen LogP contribution in [0.1, 0.15) is 0 Å². The minimum atomic E-state index is 0.841. The highest BCUT2D eigenvalue weighted by Crippen LogP contribution is 2.58. The molecule has 3 nitrogen and oxygen atoms in total. The molecule has 3 aromatic heterocycles. The third kappa shape index (κ3) is 11.9. The third-order valence-electron chi connectivity index (χ3n) is 30.6. The molecule has 0 aliphatic rings. The van der Waals surface area contributed by atoms with Crippen molar-refractivity contribution < 1.29 is 13.3 Å². The predicted molar refractivity (Wildman–Crippen MR) is 598 cm³/mol. The molecule has 0 saturated heterocycles. The number of para-hydroxylation sites is 3. The molecule has 0 atom stereocenters. The van der Waals surface area contributed by atoms with Gasteiger partial charge in [-0.1, -0.05) is 425 Å². The van der Waals surface area contributed by atoms with Crippen LogP contribution in [0.15, 0.2) is 499 Å². The second-order valence-electron chi connectivity index (χ2n) is 37.9. The van der Waals surface area contributed by atoms with Crippen molar-refractivity contribution in [1.29, 1.82) is 0 Å². The van der Waals surface area contributed by atoms with E-state index in [0.717, 1.165) is 176 Å². The second kappa shape index (κ2) is 31.0. The van der Waals surface area contributed by atoms with Crippen molar-refractivity contribution in [2.45, 2.75) is 0 Å². The molecule has 0 amide bonds. The molecule has 141 heavy (non-hydrogen) atoms. The van der Waals surface area contributed by atoms with Gasteiger partial charge in [-0.2, -0.15) is 0 Å². The van der Waals surface area contributed by atoms with Gasteiger partial charge in [-0.3, -0.25) is 0 Å². The minimum absolute atomic E-state index is 0.841. The largest absolute Gasteiger partial charge is 0.456 e. The zero-order valence-electron chi connectivity index (χ0n) is 76.4. The van der Waals surface area contributed by atoms with E-state index in [4.69, 9.17) is 13.3 Å². The van der Waals surface area contributed by atoms with E-state index in [1.165, 1.54) is 142 Å². The number of furan rings is 3. The van der Waals surface area contributed by atoms with Crippen molar-refractivity contribution >= 4 is 195 Å². The van der Waals surface area contributed by atoms with Crippen LogP contribution in [0.4, 0.5) is 0 Å². The van der Waals surface area contributed by atoms with Gasteiger partial charge in [-0.25, -0.2) is 0 Å². The Morgan fingerprint density at radius 1 is 0.0993 bits per heavy atom. The summed E-state index contributed by atoms with van der Waals surface area (Å²) in [6, 6.07) is 180. The zero-order chi connectivity index (χ0) is 92.2. The minimum Gasteiger partial charge on any atom is -0.456 e. The molecule has 30 rings (SSSR count). The Morgan fingerprint density at radius 2 is 0.397 bits per heavy atom. The van der Waals surface area contributed by atoms with Crippen LogP contribution < -0.4 is 0 Å². The van der Waals surface area contributed by atoms with Crippen molar-refractivity contribution in [2.24, 2.45) is 0 Å². The molecule has 0 bridgehead atoms. The molecule has 0 unspecified atom stereocenters. The van der Waals surface area contributed by atoms with Gasteiger partial charge in [0.15, 0.2) is 0 Å². The summed E-state index contributed by atoms with van der Waals surface area (Å²) in [5.74, 6) is 0. The normalized spacial score (nSPS) is 12.1. The maximum Gasteiger partial charge on any atom is 0.136 e. The molecular weight excluding hydrogens is 1710 g/mol. The first-order valence-corrected chi connectivity index (χ1v) is 48.7. The van der Waals surface area contributed by atoms with E-state index in [-0.39, 0.29) is 0 Å². The van der Waals surface area contributed by atoms with Gasteiger partial charge in [0.25, 0.3) is 0 Å². The number of rotatable bonds is 11. The maximum atomic E-state index is 7.21. The molecular formula is C138H80O3. The summed E-state index contributed by atoms with van der Waals surface area (Å²) in [5.41, 5.74) is 30.9. The quantitative estimate of drug-likeness (QED) is 0.121. The van der Waals surface area contributed by atoms with E-state index in [1.54, 1.807) is 0 Å². The highest BCUT2D eigenvalue weighted by atomic mass is 16.3. The topological polar surface area (TPSA) is 39.4 Å². The lowest BCUT2D eigenvalue weighted by atomic mass is 9.81. The van der Waals surface area contributed by atoms with Gasteiger partial charge < -0.3 is 13.3 Å². The number of fused-ring (bicyclic) bond motifs is 21. The molecule has 30 aromatic rings. The molecule has 27 aromatic carbocycles. The molecule has 0 spiro atoms. The third-order valence-corrected chi connectivity index (χ3v) is 30.6. The molecule has 0 aliphatic heterocycles. The highest BCUT2D eigenvalue weighted by Gasteiger charge is 2.31. The standard InChI is InChI=1S/C138H80O3/c1-2-33-84-74-88(71-66-81(84)32-1)91-38-7-10-43-100(91)129-105-48-15-21-54-111(105)132(112-55-22-16-49-106(112)129)138-114-62-31-60-98(120(114)80-126-135(138)117-58-25-28-65-123(117)141-126)99-73-72-94(96-41-8-9-42-97(96)99)82-67-69-83(70-68-82)127-101-44-11-17-50-107(101)131(108-51-18-12-45-102(108)127)137-113-61-30-59-93(119(113)79-125-134(137)116-57-24-27-64-122(116)140-125)90-76-85-34-3-5-39-92(85)118(77-90)86-36-29-37-89(75-86)128-103-46-13-19-52-109(103)130(110-53-20-14-47-104(110)128)136-95-40-6-4-35-87(95)78-124-133(136)115-56-23-26-63-121(115)139-124/h1-80H. The Balaban J connectivity index is 0.547. The lowest BCUT2D eigenvalue weighted by Crippen LogP contribution is -1.94. The van der Waals surface area contributed by atoms with Crippen LogP contribution in [0.2, 0.25) is 0 Å². The number of hydrogen-bond acceptors (Lipinski definition) is 3. The van der Waals surface area contributed by atoms with Crippen LogP contribution in [-0.4, -0.2) is 0 Å². The van der Waals surface area contributed by atoms with Gasteiger partial charge in [0, 0.05) is 49.0 Å². The van der Waals surface area contributed by atoms with Gasteiger partial charge in [-0.15, -0.1) is 0 Å².